The number of benzene rings is 1. The highest BCUT2D eigenvalue weighted by Gasteiger charge is 2.59. The van der Waals surface area contributed by atoms with Gasteiger partial charge in [-0.15, -0.1) is 0 Å². The fourth-order valence-corrected chi connectivity index (χ4v) is 4.92. The molecule has 2 fully saturated rings. The smallest absolute Gasteiger partial charge is 0.312 e. The number of carbonyl (C=O) groups is 1. The summed E-state index contributed by atoms with van der Waals surface area (Å²) in [5, 5.41) is 9.99. The molecule has 0 amide bonds. The van der Waals surface area contributed by atoms with Crippen LogP contribution in [0.2, 0.25) is 5.02 Å². The number of rotatable bonds is 4. The van der Waals surface area contributed by atoms with Crippen molar-refractivity contribution in [2.75, 3.05) is 32.4 Å². The van der Waals surface area contributed by atoms with Gasteiger partial charge in [-0.05, 0) is 23.8 Å². The quantitative estimate of drug-likeness (QED) is 0.855. The van der Waals surface area contributed by atoms with Gasteiger partial charge in [-0.25, -0.2) is 17.1 Å². The molecule has 132 valence electrons. The zero-order valence-corrected chi connectivity index (χ0v) is 14.6. The first kappa shape index (κ1) is 17.6. The highest BCUT2D eigenvalue weighted by molar-refractivity contribution is 7.88. The summed E-state index contributed by atoms with van der Waals surface area (Å²) in [7, 11) is -3.42. The molecule has 1 aromatic rings. The molecule has 0 spiro atoms. The van der Waals surface area contributed by atoms with Gasteiger partial charge >= 0.3 is 5.97 Å². The van der Waals surface area contributed by atoms with Gasteiger partial charge < -0.3 is 5.11 Å². The number of aliphatic carboxylic acids is 1. The normalized spacial score (nSPS) is 28.2. The van der Waals surface area contributed by atoms with Gasteiger partial charge in [-0.2, -0.15) is 0 Å². The van der Waals surface area contributed by atoms with E-state index in [0.717, 1.165) is 6.26 Å². The number of hydrogen-bond acceptors (Lipinski definition) is 4. The second-order valence-electron chi connectivity index (χ2n) is 6.66. The lowest BCUT2D eigenvalue weighted by molar-refractivity contribution is -0.148. The van der Waals surface area contributed by atoms with Crippen LogP contribution >= 0.6 is 11.6 Å². The van der Waals surface area contributed by atoms with E-state index in [4.69, 9.17) is 11.6 Å². The molecule has 6 nitrogen and oxygen atoms in total. The van der Waals surface area contributed by atoms with Crippen LogP contribution in [0.5, 0.6) is 0 Å². The third-order valence-electron chi connectivity index (χ3n) is 4.87. The van der Waals surface area contributed by atoms with Crippen LogP contribution in [0.25, 0.3) is 0 Å². The van der Waals surface area contributed by atoms with Gasteiger partial charge in [0.25, 0.3) is 0 Å². The van der Waals surface area contributed by atoms with Crippen LogP contribution in [0.1, 0.15) is 5.56 Å². The molecule has 2 aliphatic rings. The van der Waals surface area contributed by atoms with Gasteiger partial charge in [0.2, 0.25) is 10.0 Å². The Kier molecular flexibility index (Phi) is 4.36. The molecular formula is C15H18ClFN2O4S. The Morgan fingerprint density at radius 2 is 2.08 bits per heavy atom. The molecule has 9 heteroatoms. The molecule has 24 heavy (non-hydrogen) atoms. The Bertz CT molecular complexity index is 767. The van der Waals surface area contributed by atoms with Crippen LogP contribution in [0.4, 0.5) is 4.39 Å². The highest BCUT2D eigenvalue weighted by atomic mass is 35.5. The zero-order chi connectivity index (χ0) is 17.7. The Labute approximate surface area is 144 Å². The van der Waals surface area contributed by atoms with E-state index in [0.29, 0.717) is 23.7 Å². The Morgan fingerprint density at radius 1 is 1.38 bits per heavy atom. The van der Waals surface area contributed by atoms with Crippen molar-refractivity contribution in [1.29, 1.82) is 0 Å². The Balaban J connectivity index is 1.79. The second kappa shape index (κ2) is 5.94. The molecule has 1 N–H and O–H groups in total. The van der Waals surface area contributed by atoms with E-state index in [1.165, 1.54) is 16.4 Å². The summed E-state index contributed by atoms with van der Waals surface area (Å²) in [6.07, 6.45) is 1.09. The maximum Gasteiger partial charge on any atom is 0.312 e. The molecule has 0 radical (unpaired) electrons. The van der Waals surface area contributed by atoms with Crippen LogP contribution in [-0.4, -0.2) is 61.1 Å². The number of fused-ring (bicyclic) bond motifs is 1. The summed E-state index contributed by atoms with van der Waals surface area (Å²) in [5.74, 6) is -1.71. The largest absolute Gasteiger partial charge is 0.481 e. The predicted octanol–water partition coefficient (Wildman–Crippen LogP) is 1.26. The monoisotopic (exact) mass is 376 g/mol. The molecule has 3 rings (SSSR count). The van der Waals surface area contributed by atoms with E-state index < -0.39 is 27.2 Å². The number of halogens is 2. The number of sulfonamides is 1. The molecular weight excluding hydrogens is 359 g/mol. The van der Waals surface area contributed by atoms with Crippen LogP contribution in [0.15, 0.2) is 18.2 Å². The zero-order valence-electron chi connectivity index (χ0n) is 13.1. The van der Waals surface area contributed by atoms with E-state index in [9.17, 15) is 22.7 Å². The highest BCUT2D eigenvalue weighted by Crippen LogP contribution is 2.44. The minimum Gasteiger partial charge on any atom is -0.481 e. The summed E-state index contributed by atoms with van der Waals surface area (Å²) in [5.41, 5.74) is -0.444. The van der Waals surface area contributed by atoms with Gasteiger partial charge in [0.05, 0.1) is 11.7 Å². The standard InChI is InChI=1S/C15H18ClFN2O4S/c1-24(22,23)19-7-11-6-18(8-15(11,9-19)14(20)21)5-10-2-12(16)4-13(17)3-10/h2-4,11H,5-9H2,1H3,(H,20,21)/t11-,15-/m0/s1. The predicted molar refractivity (Wildman–Crippen MR) is 86.7 cm³/mol. The summed E-state index contributed by atoms with van der Waals surface area (Å²) < 4.78 is 38.2. The number of carboxylic acids is 1. The Morgan fingerprint density at radius 3 is 2.62 bits per heavy atom. The fraction of sp³-hybridized carbons (Fsp3) is 0.533. The van der Waals surface area contributed by atoms with Crippen molar-refractivity contribution < 1.29 is 22.7 Å². The van der Waals surface area contributed by atoms with Crippen molar-refractivity contribution in [2.24, 2.45) is 11.3 Å². The maximum absolute atomic E-state index is 13.4. The van der Waals surface area contributed by atoms with Crippen molar-refractivity contribution >= 4 is 27.6 Å². The topological polar surface area (TPSA) is 77.9 Å². The maximum atomic E-state index is 13.4. The van der Waals surface area contributed by atoms with E-state index in [1.54, 1.807) is 6.07 Å². The van der Waals surface area contributed by atoms with Crippen molar-refractivity contribution in [2.45, 2.75) is 6.54 Å². The third-order valence-corrected chi connectivity index (χ3v) is 6.31. The summed E-state index contributed by atoms with van der Waals surface area (Å²) >= 11 is 5.85. The molecule has 0 aliphatic carbocycles. The lowest BCUT2D eigenvalue weighted by Gasteiger charge is -2.24. The first-order chi connectivity index (χ1) is 11.1. The van der Waals surface area contributed by atoms with Crippen LogP contribution in [0, 0.1) is 17.2 Å². The van der Waals surface area contributed by atoms with Gasteiger partial charge in [0.1, 0.15) is 5.82 Å². The summed E-state index contributed by atoms with van der Waals surface area (Å²) in [6.45, 7) is 1.24. The van der Waals surface area contributed by atoms with Gasteiger partial charge in [0, 0.05) is 43.7 Å². The van der Waals surface area contributed by atoms with Gasteiger partial charge in [-0.3, -0.25) is 9.69 Å². The number of carboxylic acid groups (broad SMARTS) is 1. The van der Waals surface area contributed by atoms with Crippen LogP contribution in [0.3, 0.4) is 0 Å². The lowest BCUT2D eigenvalue weighted by atomic mass is 9.81. The number of nitrogens with zero attached hydrogens (tertiary/aromatic N) is 2. The molecule has 2 saturated heterocycles. The summed E-state index contributed by atoms with van der Waals surface area (Å²) in [4.78, 5) is 13.8. The molecule has 0 unspecified atom stereocenters. The molecule has 0 saturated carbocycles. The van der Waals surface area contributed by atoms with Crippen molar-refractivity contribution in [1.82, 2.24) is 9.21 Å². The van der Waals surface area contributed by atoms with Gasteiger partial charge in [0.15, 0.2) is 0 Å². The van der Waals surface area contributed by atoms with Crippen molar-refractivity contribution in [3.8, 4) is 0 Å². The van der Waals surface area contributed by atoms with Crippen LogP contribution in [-0.2, 0) is 21.4 Å². The molecule has 2 atom stereocenters. The molecule has 2 heterocycles. The lowest BCUT2D eigenvalue weighted by Crippen LogP contribution is -2.41. The fourth-order valence-electron chi connectivity index (χ4n) is 3.76. The summed E-state index contributed by atoms with van der Waals surface area (Å²) in [6, 6.07) is 4.23. The number of likely N-dealkylation sites (tertiary alicyclic amines) is 1. The van der Waals surface area contributed by atoms with Crippen molar-refractivity contribution in [3.05, 3.63) is 34.6 Å². The van der Waals surface area contributed by atoms with Crippen LogP contribution < -0.4 is 0 Å². The minimum absolute atomic E-state index is 0.0216. The number of hydrogen-bond donors (Lipinski definition) is 1. The van der Waals surface area contributed by atoms with E-state index in [-0.39, 0.29) is 25.6 Å². The SMILES string of the molecule is CS(=O)(=O)N1C[C@@H]2CN(Cc3cc(F)cc(Cl)c3)C[C@]2(C(=O)O)C1. The second-order valence-corrected chi connectivity index (χ2v) is 9.08. The van der Waals surface area contributed by atoms with E-state index >= 15 is 0 Å². The molecule has 1 aromatic carbocycles. The average Bonchev–Trinajstić information content (AvgIpc) is 2.91. The molecule has 0 aromatic heterocycles. The Hall–Kier alpha value is -1.22. The van der Waals surface area contributed by atoms with E-state index in [1.807, 2.05) is 4.90 Å². The van der Waals surface area contributed by atoms with E-state index in [2.05, 4.69) is 0 Å². The first-order valence-corrected chi connectivity index (χ1v) is 9.69. The molecule has 0 bridgehead atoms. The third kappa shape index (κ3) is 3.15. The van der Waals surface area contributed by atoms with Crippen molar-refractivity contribution in [3.63, 3.8) is 0 Å². The first-order valence-electron chi connectivity index (χ1n) is 7.46. The van der Waals surface area contributed by atoms with Gasteiger partial charge in [-0.1, -0.05) is 11.6 Å². The average molecular weight is 377 g/mol. The minimum atomic E-state index is -3.42. The molecule has 2 aliphatic heterocycles.